The van der Waals surface area contributed by atoms with E-state index >= 15 is 0 Å². The monoisotopic (exact) mass is 278 g/mol. The van der Waals surface area contributed by atoms with Crippen LogP contribution in [0.15, 0.2) is 33.4 Å². The lowest BCUT2D eigenvalue weighted by Crippen LogP contribution is -2.34. The van der Waals surface area contributed by atoms with Gasteiger partial charge in [0.1, 0.15) is 0 Å². The smallest absolute Gasteiger partial charge is 0.304 e. The molecular weight excluding hydrogens is 260 g/mol. The molecule has 0 aliphatic carbocycles. The Morgan fingerprint density at radius 1 is 1.50 bits per heavy atom. The molecule has 20 heavy (non-hydrogen) atoms. The van der Waals surface area contributed by atoms with Crippen LogP contribution in [0.3, 0.4) is 0 Å². The summed E-state index contributed by atoms with van der Waals surface area (Å²) in [6, 6.07) is 5.34. The van der Waals surface area contributed by atoms with E-state index < -0.39 is 5.97 Å². The SMILES string of the molecule is CCN(Cc1cc(-c2ccco2)on1)C(C)CC(=O)O. The summed E-state index contributed by atoms with van der Waals surface area (Å²) in [6.07, 6.45) is 1.68. The molecule has 2 aromatic heterocycles. The molecule has 6 nitrogen and oxygen atoms in total. The van der Waals surface area contributed by atoms with Crippen LogP contribution in [-0.4, -0.2) is 33.7 Å². The molecule has 2 heterocycles. The molecule has 0 aliphatic heterocycles. The third kappa shape index (κ3) is 3.48. The van der Waals surface area contributed by atoms with E-state index in [0.717, 1.165) is 12.2 Å². The van der Waals surface area contributed by atoms with Crippen molar-refractivity contribution >= 4 is 5.97 Å². The molecule has 1 unspecified atom stereocenters. The molecule has 0 fully saturated rings. The summed E-state index contributed by atoms with van der Waals surface area (Å²) in [7, 11) is 0. The highest BCUT2D eigenvalue weighted by atomic mass is 16.5. The van der Waals surface area contributed by atoms with Crippen molar-refractivity contribution in [2.24, 2.45) is 0 Å². The molecule has 0 aliphatic rings. The van der Waals surface area contributed by atoms with E-state index in [4.69, 9.17) is 14.0 Å². The second-order valence-corrected chi connectivity index (χ2v) is 4.67. The summed E-state index contributed by atoms with van der Waals surface area (Å²) >= 11 is 0. The van der Waals surface area contributed by atoms with Gasteiger partial charge < -0.3 is 14.0 Å². The Bertz CT molecular complexity index is 547. The van der Waals surface area contributed by atoms with Crippen molar-refractivity contribution in [3.8, 4) is 11.5 Å². The summed E-state index contributed by atoms with van der Waals surface area (Å²) in [4.78, 5) is 12.8. The predicted octanol–water partition coefficient (Wildman–Crippen LogP) is 2.62. The van der Waals surface area contributed by atoms with Crippen molar-refractivity contribution in [3.63, 3.8) is 0 Å². The van der Waals surface area contributed by atoms with Crippen LogP contribution in [0.4, 0.5) is 0 Å². The molecule has 2 rings (SSSR count). The molecule has 108 valence electrons. The molecule has 0 amide bonds. The van der Waals surface area contributed by atoms with Crippen LogP contribution in [-0.2, 0) is 11.3 Å². The van der Waals surface area contributed by atoms with Crippen molar-refractivity contribution in [3.05, 3.63) is 30.2 Å². The largest absolute Gasteiger partial charge is 0.481 e. The second kappa shape index (κ2) is 6.38. The van der Waals surface area contributed by atoms with Gasteiger partial charge in [-0.15, -0.1) is 0 Å². The highest BCUT2D eigenvalue weighted by Gasteiger charge is 2.18. The fraction of sp³-hybridized carbons (Fsp3) is 0.429. The van der Waals surface area contributed by atoms with Crippen LogP contribution in [0.5, 0.6) is 0 Å². The number of aliphatic carboxylic acids is 1. The molecule has 0 radical (unpaired) electrons. The zero-order valence-electron chi connectivity index (χ0n) is 11.6. The molecule has 6 heteroatoms. The Balaban J connectivity index is 2.03. The highest BCUT2D eigenvalue weighted by Crippen LogP contribution is 2.21. The van der Waals surface area contributed by atoms with E-state index in [9.17, 15) is 4.79 Å². The van der Waals surface area contributed by atoms with E-state index in [0.29, 0.717) is 18.1 Å². The molecule has 2 aromatic rings. The van der Waals surface area contributed by atoms with Gasteiger partial charge in [-0.05, 0) is 25.6 Å². The third-order valence-corrected chi connectivity index (χ3v) is 3.19. The molecule has 0 spiro atoms. The minimum absolute atomic E-state index is 0.0544. The van der Waals surface area contributed by atoms with E-state index in [1.165, 1.54) is 0 Å². The number of aromatic nitrogens is 1. The standard InChI is InChI=1S/C14H18N2O4/c1-3-16(10(2)7-14(17)18)9-11-8-13(20-15-11)12-5-4-6-19-12/h4-6,8,10H,3,7,9H2,1-2H3,(H,17,18). The van der Waals surface area contributed by atoms with Crippen LogP contribution >= 0.6 is 0 Å². The van der Waals surface area contributed by atoms with Crippen LogP contribution in [0, 0.1) is 0 Å². The summed E-state index contributed by atoms with van der Waals surface area (Å²) < 4.78 is 10.5. The average molecular weight is 278 g/mol. The van der Waals surface area contributed by atoms with Crippen molar-refractivity contribution in [1.29, 1.82) is 0 Å². The zero-order chi connectivity index (χ0) is 14.5. The van der Waals surface area contributed by atoms with Gasteiger partial charge in [0.15, 0.2) is 5.76 Å². The van der Waals surface area contributed by atoms with Gasteiger partial charge in [0.25, 0.3) is 0 Å². The topological polar surface area (TPSA) is 79.7 Å². The maximum atomic E-state index is 10.8. The average Bonchev–Trinajstić information content (AvgIpc) is 3.05. The quantitative estimate of drug-likeness (QED) is 0.838. The summed E-state index contributed by atoms with van der Waals surface area (Å²) in [6.45, 7) is 5.18. The van der Waals surface area contributed by atoms with Gasteiger partial charge in [-0.1, -0.05) is 12.1 Å². The van der Waals surface area contributed by atoms with Gasteiger partial charge in [0.2, 0.25) is 5.76 Å². The van der Waals surface area contributed by atoms with E-state index in [-0.39, 0.29) is 12.5 Å². The van der Waals surface area contributed by atoms with Crippen LogP contribution < -0.4 is 0 Å². The first-order valence-corrected chi connectivity index (χ1v) is 6.55. The Hall–Kier alpha value is -2.08. The molecule has 1 N–H and O–H groups in total. The van der Waals surface area contributed by atoms with Gasteiger partial charge >= 0.3 is 5.97 Å². The minimum Gasteiger partial charge on any atom is -0.481 e. The molecule has 0 saturated heterocycles. The lowest BCUT2D eigenvalue weighted by Gasteiger charge is -2.25. The predicted molar refractivity (Wildman–Crippen MR) is 72.0 cm³/mol. The third-order valence-electron chi connectivity index (χ3n) is 3.19. The van der Waals surface area contributed by atoms with Crippen LogP contribution in [0.2, 0.25) is 0 Å². The molecular formula is C14H18N2O4. The molecule has 1 atom stereocenters. The number of carboxylic acids is 1. The van der Waals surface area contributed by atoms with E-state index in [1.807, 2.05) is 24.8 Å². The maximum Gasteiger partial charge on any atom is 0.304 e. The second-order valence-electron chi connectivity index (χ2n) is 4.67. The fourth-order valence-corrected chi connectivity index (χ4v) is 2.09. The Labute approximate surface area is 117 Å². The van der Waals surface area contributed by atoms with E-state index in [2.05, 4.69) is 5.16 Å². The fourth-order valence-electron chi connectivity index (χ4n) is 2.09. The van der Waals surface area contributed by atoms with Crippen molar-refractivity contribution < 1.29 is 18.8 Å². The summed E-state index contributed by atoms with van der Waals surface area (Å²) in [5.41, 5.74) is 0.760. The lowest BCUT2D eigenvalue weighted by molar-refractivity contribution is -0.138. The number of nitrogens with zero attached hydrogens (tertiary/aromatic N) is 2. The molecule has 0 bridgehead atoms. The summed E-state index contributed by atoms with van der Waals surface area (Å²) in [5.74, 6) is 0.407. The first kappa shape index (κ1) is 14.3. The first-order chi connectivity index (χ1) is 9.60. The molecule has 0 saturated carbocycles. The van der Waals surface area contributed by atoms with Crippen molar-refractivity contribution in [2.45, 2.75) is 32.9 Å². The summed E-state index contributed by atoms with van der Waals surface area (Å²) in [5, 5.41) is 12.8. The van der Waals surface area contributed by atoms with Gasteiger partial charge in [-0.3, -0.25) is 9.69 Å². The Morgan fingerprint density at radius 2 is 2.30 bits per heavy atom. The number of furan rings is 1. The van der Waals surface area contributed by atoms with Crippen molar-refractivity contribution in [1.82, 2.24) is 10.1 Å². The minimum atomic E-state index is -0.799. The van der Waals surface area contributed by atoms with Crippen LogP contribution in [0.1, 0.15) is 26.0 Å². The van der Waals surface area contributed by atoms with Crippen molar-refractivity contribution in [2.75, 3.05) is 6.54 Å². The normalized spacial score (nSPS) is 12.8. The van der Waals surface area contributed by atoms with Gasteiger partial charge in [0.05, 0.1) is 18.4 Å². The number of rotatable bonds is 7. The lowest BCUT2D eigenvalue weighted by atomic mass is 10.2. The highest BCUT2D eigenvalue weighted by molar-refractivity contribution is 5.67. The molecule has 0 aromatic carbocycles. The van der Waals surface area contributed by atoms with E-state index in [1.54, 1.807) is 18.4 Å². The number of hydrogen-bond acceptors (Lipinski definition) is 5. The Kier molecular flexibility index (Phi) is 4.57. The van der Waals surface area contributed by atoms with Gasteiger partial charge in [0, 0.05) is 18.7 Å². The zero-order valence-corrected chi connectivity index (χ0v) is 11.6. The van der Waals surface area contributed by atoms with Crippen LogP contribution in [0.25, 0.3) is 11.5 Å². The Morgan fingerprint density at radius 3 is 2.90 bits per heavy atom. The van der Waals surface area contributed by atoms with Gasteiger partial charge in [-0.2, -0.15) is 0 Å². The number of hydrogen-bond donors (Lipinski definition) is 1. The maximum absolute atomic E-state index is 10.8. The number of carboxylic acid groups (broad SMARTS) is 1. The first-order valence-electron chi connectivity index (χ1n) is 6.55. The van der Waals surface area contributed by atoms with Gasteiger partial charge in [-0.25, -0.2) is 0 Å². The number of carbonyl (C=O) groups is 1.